The number of fused-ring (bicyclic) bond motifs is 3. The average molecular weight is 399 g/mol. The quantitative estimate of drug-likeness (QED) is 0.547. The highest BCUT2D eigenvalue weighted by molar-refractivity contribution is 5.84. The highest BCUT2D eigenvalue weighted by Crippen LogP contribution is 2.44. The number of aliphatic hydroxyl groups is 1. The Kier molecular flexibility index (Phi) is 3.83. The van der Waals surface area contributed by atoms with Crippen LogP contribution in [0.4, 0.5) is 4.39 Å². The van der Waals surface area contributed by atoms with Gasteiger partial charge in [-0.25, -0.2) is 9.37 Å². The van der Waals surface area contributed by atoms with Crippen molar-refractivity contribution in [1.82, 2.24) is 24.1 Å². The van der Waals surface area contributed by atoms with Gasteiger partial charge < -0.3 is 14.4 Å². The first-order valence-electron chi connectivity index (χ1n) is 9.20. The number of halogens is 1. The SMILES string of the molecule is COCC(C)n1c(=O)c2c(-c3noc(C4(O)CC4)n3)ncn2c2cccc(F)c21. The molecule has 1 aromatic carbocycles. The molecule has 1 N–H and O–H groups in total. The molecule has 3 heterocycles. The molecule has 0 radical (unpaired) electrons. The second-order valence-corrected chi connectivity index (χ2v) is 7.35. The molecule has 29 heavy (non-hydrogen) atoms. The maximum atomic E-state index is 14.7. The van der Waals surface area contributed by atoms with E-state index in [0.717, 1.165) is 0 Å². The lowest BCUT2D eigenvalue weighted by molar-refractivity contribution is 0.108. The van der Waals surface area contributed by atoms with Crippen LogP contribution in [0.3, 0.4) is 0 Å². The van der Waals surface area contributed by atoms with Gasteiger partial charge in [-0.1, -0.05) is 11.2 Å². The molecule has 9 nitrogen and oxygen atoms in total. The number of para-hydroxylation sites is 1. The molecule has 0 aliphatic heterocycles. The number of benzene rings is 1. The minimum absolute atomic E-state index is 0.0987. The first kappa shape index (κ1) is 18.0. The van der Waals surface area contributed by atoms with Crippen molar-refractivity contribution in [1.29, 1.82) is 0 Å². The van der Waals surface area contributed by atoms with Crippen molar-refractivity contribution in [2.75, 3.05) is 13.7 Å². The van der Waals surface area contributed by atoms with Crippen LogP contribution in [-0.2, 0) is 10.3 Å². The fourth-order valence-electron chi connectivity index (χ4n) is 3.63. The van der Waals surface area contributed by atoms with Crippen LogP contribution in [0.25, 0.3) is 28.1 Å². The second kappa shape index (κ2) is 6.19. The molecule has 0 bridgehead atoms. The zero-order valence-corrected chi connectivity index (χ0v) is 15.8. The van der Waals surface area contributed by atoms with Gasteiger partial charge in [0.15, 0.2) is 0 Å². The van der Waals surface area contributed by atoms with Crippen molar-refractivity contribution in [3.05, 3.63) is 46.6 Å². The van der Waals surface area contributed by atoms with Gasteiger partial charge in [0.25, 0.3) is 11.4 Å². The van der Waals surface area contributed by atoms with Gasteiger partial charge in [-0.05, 0) is 31.9 Å². The largest absolute Gasteiger partial charge is 0.383 e. The van der Waals surface area contributed by atoms with E-state index in [-0.39, 0.29) is 35.0 Å². The van der Waals surface area contributed by atoms with Gasteiger partial charge in [0.05, 0.1) is 18.2 Å². The monoisotopic (exact) mass is 399 g/mol. The minimum atomic E-state index is -1.09. The topological polar surface area (TPSA) is 108 Å². The summed E-state index contributed by atoms with van der Waals surface area (Å²) in [6, 6.07) is 4.17. The van der Waals surface area contributed by atoms with Crippen molar-refractivity contribution in [2.45, 2.75) is 31.4 Å². The van der Waals surface area contributed by atoms with Crippen LogP contribution in [0, 0.1) is 5.82 Å². The molecule has 10 heteroatoms. The number of hydrogen-bond acceptors (Lipinski definition) is 7. The summed E-state index contributed by atoms with van der Waals surface area (Å²) in [6.07, 6.45) is 2.52. The smallest absolute Gasteiger partial charge is 0.278 e. The van der Waals surface area contributed by atoms with E-state index in [4.69, 9.17) is 9.26 Å². The Balaban J connectivity index is 1.82. The number of aromatic nitrogens is 5. The van der Waals surface area contributed by atoms with Crippen LogP contribution >= 0.6 is 0 Å². The van der Waals surface area contributed by atoms with Gasteiger partial charge in [0.1, 0.15) is 34.5 Å². The summed E-state index contributed by atoms with van der Waals surface area (Å²) in [7, 11) is 1.52. The summed E-state index contributed by atoms with van der Waals surface area (Å²) in [5, 5.41) is 14.1. The summed E-state index contributed by atoms with van der Waals surface area (Å²) >= 11 is 0. The summed E-state index contributed by atoms with van der Waals surface area (Å²) in [4.78, 5) is 22.0. The van der Waals surface area contributed by atoms with Gasteiger partial charge in [0, 0.05) is 7.11 Å². The molecule has 1 aliphatic rings. The standard InChI is InChI=1S/C19H18FN5O4/c1-10(8-28-2)25-14-11(20)4-3-5-12(14)24-9-21-13(15(24)17(25)26)16-22-18(29-23-16)19(27)6-7-19/h3-5,9-10,27H,6-8H2,1-2H3. The van der Waals surface area contributed by atoms with Gasteiger partial charge in [-0.2, -0.15) is 4.98 Å². The van der Waals surface area contributed by atoms with Crippen LogP contribution in [0.5, 0.6) is 0 Å². The molecule has 1 fully saturated rings. The van der Waals surface area contributed by atoms with E-state index in [2.05, 4.69) is 15.1 Å². The molecule has 1 saturated carbocycles. The Labute approximate surface area is 163 Å². The van der Waals surface area contributed by atoms with E-state index < -0.39 is 23.0 Å². The lowest BCUT2D eigenvalue weighted by atomic mass is 10.2. The summed E-state index contributed by atoms with van der Waals surface area (Å²) < 4.78 is 28.0. The molecule has 4 aromatic rings. The molecule has 5 rings (SSSR count). The Morgan fingerprint density at radius 1 is 1.38 bits per heavy atom. The summed E-state index contributed by atoms with van der Waals surface area (Å²) in [6.45, 7) is 2.00. The zero-order chi connectivity index (χ0) is 20.3. The number of nitrogens with zero attached hydrogens (tertiary/aromatic N) is 5. The van der Waals surface area contributed by atoms with E-state index in [0.29, 0.717) is 18.4 Å². The van der Waals surface area contributed by atoms with Crippen LogP contribution in [0.1, 0.15) is 31.7 Å². The zero-order valence-electron chi connectivity index (χ0n) is 15.8. The summed E-state index contributed by atoms with van der Waals surface area (Å²) in [5.41, 5.74) is -0.495. The maximum Gasteiger partial charge on any atom is 0.278 e. The van der Waals surface area contributed by atoms with Crippen molar-refractivity contribution in [3.8, 4) is 11.5 Å². The molecule has 1 aliphatic carbocycles. The predicted molar refractivity (Wildman–Crippen MR) is 99.9 cm³/mol. The Morgan fingerprint density at radius 3 is 2.90 bits per heavy atom. The molecular formula is C19H18FN5O4. The van der Waals surface area contributed by atoms with Crippen LogP contribution in [0.15, 0.2) is 33.8 Å². The fraction of sp³-hybridized carbons (Fsp3) is 0.368. The third-order valence-electron chi connectivity index (χ3n) is 5.26. The number of methoxy groups -OCH3 is 1. The number of ether oxygens (including phenoxy) is 1. The van der Waals surface area contributed by atoms with Crippen molar-refractivity contribution >= 4 is 16.6 Å². The first-order chi connectivity index (χ1) is 13.9. The number of rotatable bonds is 5. The minimum Gasteiger partial charge on any atom is -0.383 e. The molecule has 1 atom stereocenters. The van der Waals surface area contributed by atoms with Gasteiger partial charge >= 0.3 is 0 Å². The Bertz CT molecular complexity index is 1300. The first-order valence-corrected chi connectivity index (χ1v) is 9.20. The second-order valence-electron chi connectivity index (χ2n) is 7.35. The van der Waals surface area contributed by atoms with Crippen molar-refractivity contribution < 1.29 is 18.8 Å². The molecule has 3 aromatic heterocycles. The Hall–Kier alpha value is -3.11. The average Bonchev–Trinajstić information content (AvgIpc) is 3.11. The van der Waals surface area contributed by atoms with Gasteiger partial charge in [-0.15, -0.1) is 0 Å². The van der Waals surface area contributed by atoms with E-state index in [1.54, 1.807) is 19.1 Å². The van der Waals surface area contributed by atoms with Gasteiger partial charge in [0.2, 0.25) is 5.82 Å². The van der Waals surface area contributed by atoms with Crippen LogP contribution in [0.2, 0.25) is 0 Å². The number of hydrogen-bond donors (Lipinski definition) is 1. The van der Waals surface area contributed by atoms with Crippen LogP contribution < -0.4 is 5.56 Å². The number of imidazole rings is 1. The third kappa shape index (κ3) is 2.60. The van der Waals surface area contributed by atoms with Crippen LogP contribution in [-0.4, -0.2) is 42.9 Å². The van der Waals surface area contributed by atoms with E-state index >= 15 is 0 Å². The molecule has 150 valence electrons. The van der Waals surface area contributed by atoms with Crippen molar-refractivity contribution in [3.63, 3.8) is 0 Å². The van der Waals surface area contributed by atoms with E-state index in [1.165, 1.54) is 28.5 Å². The summed E-state index contributed by atoms with van der Waals surface area (Å²) in [5.74, 6) is -0.312. The molecule has 1 unspecified atom stereocenters. The predicted octanol–water partition coefficient (Wildman–Crippen LogP) is 2.03. The Morgan fingerprint density at radius 2 is 2.17 bits per heavy atom. The third-order valence-corrected chi connectivity index (χ3v) is 5.26. The maximum absolute atomic E-state index is 14.7. The van der Waals surface area contributed by atoms with E-state index in [9.17, 15) is 14.3 Å². The highest BCUT2D eigenvalue weighted by atomic mass is 19.1. The molecular weight excluding hydrogens is 381 g/mol. The lowest BCUT2D eigenvalue weighted by Crippen LogP contribution is -2.28. The fourth-order valence-corrected chi connectivity index (χ4v) is 3.63. The highest BCUT2D eigenvalue weighted by Gasteiger charge is 2.48. The molecule has 0 saturated heterocycles. The van der Waals surface area contributed by atoms with E-state index in [1.807, 2.05) is 0 Å². The molecule has 0 spiro atoms. The molecule has 0 amide bonds. The lowest BCUT2D eigenvalue weighted by Gasteiger charge is -2.18. The van der Waals surface area contributed by atoms with Gasteiger partial charge in [-0.3, -0.25) is 13.8 Å². The normalized spacial score (nSPS) is 16.6. The van der Waals surface area contributed by atoms with Crippen molar-refractivity contribution in [2.24, 2.45) is 0 Å².